The first-order valence-electron chi connectivity index (χ1n) is 15.2. The summed E-state index contributed by atoms with van der Waals surface area (Å²) in [6.07, 6.45) is 0.300. The maximum Gasteiger partial charge on any atom is 0.303 e. The molecule has 7 unspecified atom stereocenters. The van der Waals surface area contributed by atoms with Gasteiger partial charge in [0, 0.05) is 24.9 Å². The first-order valence-corrected chi connectivity index (χ1v) is 16.4. The Morgan fingerprint density at radius 3 is 1.86 bits per heavy atom. The predicted molar refractivity (Wildman–Crippen MR) is 179 cm³/mol. The van der Waals surface area contributed by atoms with Crippen molar-refractivity contribution < 1.29 is 29.7 Å². The largest absolute Gasteiger partial charge is 0.481 e. The van der Waals surface area contributed by atoms with Crippen molar-refractivity contribution in [3.63, 3.8) is 0 Å². The van der Waals surface area contributed by atoms with Gasteiger partial charge in [-0.1, -0.05) is 75.1 Å². The van der Waals surface area contributed by atoms with Crippen molar-refractivity contribution in [2.75, 3.05) is 13.1 Å². The van der Waals surface area contributed by atoms with Crippen molar-refractivity contribution in [3.05, 3.63) is 35.9 Å². The zero-order chi connectivity index (χ0) is 33.7. The van der Waals surface area contributed by atoms with E-state index in [-0.39, 0.29) is 49.6 Å². The summed E-state index contributed by atoms with van der Waals surface area (Å²) in [5.74, 6) is -1.67. The molecule has 0 aliphatic rings. The molecule has 1 rings (SSSR count). The lowest BCUT2D eigenvalue weighted by molar-refractivity contribution is -0.137. The highest BCUT2D eigenvalue weighted by Crippen LogP contribution is 2.43. The van der Waals surface area contributed by atoms with Gasteiger partial charge in [-0.3, -0.25) is 14.4 Å². The second-order valence-electron chi connectivity index (χ2n) is 13.3. The standard InChI is InChI=1S/C33H51N3O6S2/c1-22(15-31(5,21-34)14-13-27(39)40)16-32(6,29(41)35-19-24(3)37)17-23(2)18-33(7,30(42)36-20-25(4)38)44-28(43)26-11-9-8-10-12-26/h8-12,22-25,37-38H,13-20H2,1-7H3,(H,35,41)(H,36,42)(H,39,40). The van der Waals surface area contributed by atoms with Gasteiger partial charge in [0.2, 0.25) is 11.8 Å². The number of aliphatic hydroxyl groups is 2. The monoisotopic (exact) mass is 649 g/mol. The Balaban J connectivity index is 3.28. The number of nitriles is 1. The number of carboxylic acid groups (broad SMARTS) is 1. The quantitative estimate of drug-likeness (QED) is 0.129. The fourth-order valence-corrected chi connectivity index (χ4v) is 7.76. The molecule has 0 aliphatic heterocycles. The molecule has 0 heterocycles. The van der Waals surface area contributed by atoms with Crippen LogP contribution in [0.4, 0.5) is 0 Å². The van der Waals surface area contributed by atoms with E-state index in [4.69, 9.17) is 17.3 Å². The zero-order valence-corrected chi connectivity index (χ0v) is 28.8. The number of nitrogens with one attached hydrogen (secondary N) is 2. The van der Waals surface area contributed by atoms with Crippen LogP contribution in [-0.4, -0.2) is 67.3 Å². The maximum atomic E-state index is 13.6. The molecule has 2 amide bonds. The number of thiocarbonyl (C=S) groups is 1. The Labute approximate surface area is 272 Å². The summed E-state index contributed by atoms with van der Waals surface area (Å²) >= 11 is 7.02. The van der Waals surface area contributed by atoms with Gasteiger partial charge in [0.1, 0.15) is 0 Å². The van der Waals surface area contributed by atoms with Crippen molar-refractivity contribution in [3.8, 4) is 6.07 Å². The van der Waals surface area contributed by atoms with E-state index < -0.39 is 33.8 Å². The lowest BCUT2D eigenvalue weighted by Gasteiger charge is -2.37. The molecule has 7 atom stereocenters. The maximum absolute atomic E-state index is 13.6. The van der Waals surface area contributed by atoms with E-state index in [0.717, 1.165) is 5.56 Å². The van der Waals surface area contributed by atoms with Gasteiger partial charge in [-0.15, -0.1) is 0 Å². The molecule has 0 aliphatic carbocycles. The Kier molecular flexibility index (Phi) is 16.0. The highest BCUT2D eigenvalue weighted by atomic mass is 32.2. The lowest BCUT2D eigenvalue weighted by atomic mass is 9.69. The van der Waals surface area contributed by atoms with E-state index in [1.807, 2.05) is 58.0 Å². The smallest absolute Gasteiger partial charge is 0.303 e. The molecule has 0 saturated carbocycles. The molecule has 1 aromatic carbocycles. The third-order valence-electron chi connectivity index (χ3n) is 7.77. The number of benzene rings is 1. The highest BCUT2D eigenvalue weighted by Gasteiger charge is 2.42. The minimum absolute atomic E-state index is 0.0897. The Hall–Kier alpha value is -2.52. The van der Waals surface area contributed by atoms with Gasteiger partial charge in [-0.25, -0.2) is 0 Å². The molecule has 0 saturated heterocycles. The minimum Gasteiger partial charge on any atom is -0.481 e. The minimum atomic E-state index is -1.000. The van der Waals surface area contributed by atoms with Crippen LogP contribution in [0.3, 0.4) is 0 Å². The van der Waals surface area contributed by atoms with Crippen molar-refractivity contribution in [2.45, 2.75) is 104 Å². The molecule has 5 N–H and O–H groups in total. The SMILES string of the molecule is CC(O)CNC(=O)C(C)(CC(C)CC(C)(C#N)CCC(=O)O)CC(C)CC(C)(SC(=S)c1ccccc1)C(=O)NCC(C)O. The van der Waals surface area contributed by atoms with Crippen molar-refractivity contribution in [2.24, 2.45) is 22.7 Å². The molecule has 246 valence electrons. The molecular formula is C33H51N3O6S2. The number of aliphatic hydroxyl groups excluding tert-OH is 2. The fraction of sp³-hybridized carbons (Fsp3) is 0.667. The van der Waals surface area contributed by atoms with Crippen LogP contribution in [0.2, 0.25) is 0 Å². The Bertz CT molecular complexity index is 1160. The van der Waals surface area contributed by atoms with Gasteiger partial charge in [-0.2, -0.15) is 5.26 Å². The number of hydrogen-bond donors (Lipinski definition) is 5. The number of hydrogen-bond acceptors (Lipinski definition) is 8. The van der Waals surface area contributed by atoms with Crippen LogP contribution in [0.15, 0.2) is 30.3 Å². The molecule has 0 bridgehead atoms. The number of nitrogens with zero attached hydrogens (tertiary/aromatic N) is 1. The summed E-state index contributed by atoms with van der Waals surface area (Å²) in [6, 6.07) is 11.7. The van der Waals surface area contributed by atoms with E-state index in [1.165, 1.54) is 11.8 Å². The van der Waals surface area contributed by atoms with Gasteiger partial charge < -0.3 is 26.0 Å². The number of aliphatic carboxylic acids is 1. The molecule has 0 spiro atoms. The Morgan fingerprint density at radius 2 is 1.39 bits per heavy atom. The molecule has 0 aromatic heterocycles. The fourth-order valence-electron chi connectivity index (χ4n) is 5.87. The van der Waals surface area contributed by atoms with Crippen molar-refractivity contribution in [1.82, 2.24) is 10.6 Å². The van der Waals surface area contributed by atoms with Crippen molar-refractivity contribution in [1.29, 1.82) is 5.26 Å². The summed E-state index contributed by atoms with van der Waals surface area (Å²) in [4.78, 5) is 38.3. The molecule has 1 aromatic rings. The molecule has 9 nitrogen and oxygen atoms in total. The van der Waals surface area contributed by atoms with Gasteiger partial charge >= 0.3 is 5.97 Å². The number of carboxylic acids is 1. The molecule has 0 fully saturated rings. The van der Waals surface area contributed by atoms with Gasteiger partial charge in [0.25, 0.3) is 0 Å². The molecule has 44 heavy (non-hydrogen) atoms. The highest BCUT2D eigenvalue weighted by molar-refractivity contribution is 8.25. The summed E-state index contributed by atoms with van der Waals surface area (Å²) in [6.45, 7) is 12.8. The number of thioether (sulfide) groups is 1. The third kappa shape index (κ3) is 13.6. The van der Waals surface area contributed by atoms with E-state index in [1.54, 1.807) is 20.8 Å². The summed E-state index contributed by atoms with van der Waals surface area (Å²) < 4.78 is -0.434. The first-order chi connectivity index (χ1) is 20.3. The second-order valence-corrected chi connectivity index (χ2v) is 15.4. The summed E-state index contributed by atoms with van der Waals surface area (Å²) in [5, 5.41) is 44.3. The van der Waals surface area contributed by atoms with Gasteiger partial charge in [0.05, 0.1) is 32.6 Å². The lowest BCUT2D eigenvalue weighted by Crippen LogP contribution is -2.47. The second kappa shape index (κ2) is 17.8. The number of carbonyl (C=O) groups is 3. The van der Waals surface area contributed by atoms with Crippen LogP contribution in [0.1, 0.15) is 92.6 Å². The van der Waals surface area contributed by atoms with Crippen LogP contribution in [0.25, 0.3) is 0 Å². The first kappa shape index (κ1) is 39.5. The summed E-state index contributed by atoms with van der Waals surface area (Å²) in [7, 11) is 0. The molecule has 0 radical (unpaired) electrons. The van der Waals surface area contributed by atoms with Crippen LogP contribution < -0.4 is 10.6 Å². The Morgan fingerprint density at radius 1 is 0.886 bits per heavy atom. The number of amides is 2. The molecule has 11 heteroatoms. The van der Waals surface area contributed by atoms with E-state index in [0.29, 0.717) is 29.9 Å². The third-order valence-corrected chi connectivity index (χ3v) is 9.48. The van der Waals surface area contributed by atoms with E-state index in [2.05, 4.69) is 16.7 Å². The van der Waals surface area contributed by atoms with Crippen LogP contribution in [0.5, 0.6) is 0 Å². The van der Waals surface area contributed by atoms with Crippen LogP contribution >= 0.6 is 24.0 Å². The molecular weight excluding hydrogens is 599 g/mol. The van der Waals surface area contributed by atoms with Gasteiger partial charge in [0.15, 0.2) is 0 Å². The predicted octanol–water partition coefficient (Wildman–Crippen LogP) is 5.08. The number of carbonyl (C=O) groups excluding carboxylic acids is 2. The average Bonchev–Trinajstić information content (AvgIpc) is 2.93. The van der Waals surface area contributed by atoms with Gasteiger partial charge in [-0.05, 0) is 77.2 Å². The summed E-state index contributed by atoms with van der Waals surface area (Å²) in [5.41, 5.74) is -0.933. The van der Waals surface area contributed by atoms with E-state index in [9.17, 15) is 29.9 Å². The van der Waals surface area contributed by atoms with Crippen LogP contribution in [-0.2, 0) is 14.4 Å². The van der Waals surface area contributed by atoms with E-state index >= 15 is 0 Å². The normalized spacial score (nSPS) is 18.2. The van der Waals surface area contributed by atoms with Crippen molar-refractivity contribution >= 4 is 46.0 Å². The average molecular weight is 650 g/mol. The topological polar surface area (TPSA) is 160 Å². The number of rotatable bonds is 19. The zero-order valence-electron chi connectivity index (χ0n) is 27.2. The van der Waals surface area contributed by atoms with Crippen LogP contribution in [0, 0.1) is 34.0 Å².